The molecule has 5 rings (SSSR count). The first kappa shape index (κ1) is 21.6. The van der Waals surface area contributed by atoms with Gasteiger partial charge in [-0.15, -0.1) is 0 Å². The van der Waals surface area contributed by atoms with Crippen molar-refractivity contribution < 1.29 is 19.1 Å². The van der Waals surface area contributed by atoms with Crippen LogP contribution < -0.4 is 9.47 Å². The molecule has 2 aromatic carbocycles. The summed E-state index contributed by atoms with van der Waals surface area (Å²) in [5.74, 6) is 0.660. The zero-order valence-electron chi connectivity index (χ0n) is 17.2. The third-order valence-corrected chi connectivity index (χ3v) is 7.65. The number of rotatable bonds is 6. The number of nitrogens with zero attached hydrogens (tertiary/aromatic N) is 2. The SMILES string of the molecule is COc1cc(C=NN2C(=O)[C@@H]3[C@H](C2=O)[C@H]2C=C[C@H]3C2)cc(I)c1OCc1ccc(Br)cc1. The second-order valence-corrected chi connectivity index (χ2v) is 10.3. The second-order valence-electron chi connectivity index (χ2n) is 8.18. The molecule has 0 spiro atoms. The topological polar surface area (TPSA) is 68.2 Å². The Labute approximate surface area is 207 Å². The highest BCUT2D eigenvalue weighted by atomic mass is 127. The largest absolute Gasteiger partial charge is 0.493 e. The molecule has 0 N–H and O–H groups in total. The number of methoxy groups -OCH3 is 1. The van der Waals surface area contributed by atoms with Crippen LogP contribution in [0.1, 0.15) is 17.5 Å². The molecule has 32 heavy (non-hydrogen) atoms. The number of allylic oxidation sites excluding steroid dienone is 2. The number of hydrazone groups is 1. The van der Waals surface area contributed by atoms with Crippen molar-refractivity contribution in [1.82, 2.24) is 5.01 Å². The average molecular weight is 607 g/mol. The van der Waals surface area contributed by atoms with Gasteiger partial charge in [-0.05, 0) is 76.2 Å². The molecule has 4 atom stereocenters. The van der Waals surface area contributed by atoms with Crippen molar-refractivity contribution in [3.63, 3.8) is 0 Å². The summed E-state index contributed by atoms with van der Waals surface area (Å²) in [6.07, 6.45) is 6.59. The Morgan fingerprint density at radius 1 is 1.12 bits per heavy atom. The number of hydrogen-bond donors (Lipinski definition) is 0. The number of imide groups is 1. The summed E-state index contributed by atoms with van der Waals surface area (Å²) < 4.78 is 13.4. The molecule has 6 nitrogen and oxygen atoms in total. The normalized spacial score (nSPS) is 25.8. The Morgan fingerprint density at radius 3 is 2.41 bits per heavy atom. The fourth-order valence-corrected chi connectivity index (χ4v) is 5.86. The van der Waals surface area contributed by atoms with Gasteiger partial charge in [0.25, 0.3) is 11.8 Å². The molecular weight excluding hydrogens is 587 g/mol. The zero-order chi connectivity index (χ0) is 22.4. The van der Waals surface area contributed by atoms with E-state index in [1.54, 1.807) is 13.2 Å². The first-order valence-corrected chi connectivity index (χ1v) is 12.2. The quantitative estimate of drug-likeness (QED) is 0.205. The molecule has 3 aliphatic rings. The van der Waals surface area contributed by atoms with Crippen LogP contribution in [0.3, 0.4) is 0 Å². The molecule has 2 aliphatic carbocycles. The van der Waals surface area contributed by atoms with E-state index in [-0.39, 0.29) is 35.5 Å². The first-order chi connectivity index (χ1) is 15.5. The third kappa shape index (κ3) is 3.77. The minimum atomic E-state index is -0.251. The molecule has 2 bridgehead atoms. The third-order valence-electron chi connectivity index (χ3n) is 6.32. The van der Waals surface area contributed by atoms with E-state index in [1.165, 1.54) is 6.21 Å². The highest BCUT2D eigenvalue weighted by Gasteiger charge is 2.59. The lowest BCUT2D eigenvalue weighted by atomic mass is 9.85. The van der Waals surface area contributed by atoms with Crippen molar-refractivity contribution in [3.05, 3.63) is 67.7 Å². The number of ether oxygens (including phenoxy) is 2. The molecular formula is C24H20BrIN2O4. The molecule has 1 saturated heterocycles. The first-order valence-electron chi connectivity index (χ1n) is 10.3. The fourth-order valence-electron chi connectivity index (χ4n) is 4.82. The highest BCUT2D eigenvalue weighted by Crippen LogP contribution is 2.52. The van der Waals surface area contributed by atoms with Crippen LogP contribution in [0, 0.1) is 27.2 Å². The van der Waals surface area contributed by atoms with E-state index < -0.39 is 0 Å². The van der Waals surface area contributed by atoms with Crippen molar-refractivity contribution in [1.29, 1.82) is 0 Å². The smallest absolute Gasteiger partial charge is 0.254 e. The molecule has 1 heterocycles. The van der Waals surface area contributed by atoms with E-state index in [9.17, 15) is 9.59 Å². The van der Waals surface area contributed by atoms with Crippen LogP contribution in [0.15, 0.2) is 58.1 Å². The number of carbonyl (C=O) groups is 2. The van der Waals surface area contributed by atoms with Gasteiger partial charge >= 0.3 is 0 Å². The summed E-state index contributed by atoms with van der Waals surface area (Å²) in [5, 5.41) is 5.31. The summed E-state index contributed by atoms with van der Waals surface area (Å²) in [6.45, 7) is 0.406. The summed E-state index contributed by atoms with van der Waals surface area (Å²) >= 11 is 5.61. The summed E-state index contributed by atoms with van der Waals surface area (Å²) in [5.41, 5.74) is 1.76. The van der Waals surface area contributed by atoms with Crippen molar-refractivity contribution in [2.45, 2.75) is 13.0 Å². The van der Waals surface area contributed by atoms with Gasteiger partial charge in [-0.3, -0.25) is 9.59 Å². The molecule has 0 unspecified atom stereocenters. The Bertz CT molecular complexity index is 1120. The number of hydrogen-bond acceptors (Lipinski definition) is 5. The van der Waals surface area contributed by atoms with E-state index in [0.717, 1.165) is 30.6 Å². The lowest BCUT2D eigenvalue weighted by Crippen LogP contribution is -2.28. The lowest BCUT2D eigenvalue weighted by molar-refractivity contribution is -0.140. The van der Waals surface area contributed by atoms with Crippen LogP contribution in [-0.2, 0) is 16.2 Å². The van der Waals surface area contributed by atoms with Gasteiger partial charge in [-0.25, -0.2) is 0 Å². The lowest BCUT2D eigenvalue weighted by Gasteiger charge is -2.14. The predicted molar refractivity (Wildman–Crippen MR) is 131 cm³/mol. The summed E-state index contributed by atoms with van der Waals surface area (Å²) in [7, 11) is 1.58. The number of halogens is 2. The molecule has 2 amide bonds. The average Bonchev–Trinajstić information content (AvgIpc) is 3.46. The second kappa shape index (κ2) is 8.62. The van der Waals surface area contributed by atoms with Gasteiger partial charge in [0.2, 0.25) is 0 Å². The molecule has 1 saturated carbocycles. The van der Waals surface area contributed by atoms with E-state index in [2.05, 4.69) is 55.8 Å². The minimum absolute atomic E-state index is 0.171. The van der Waals surface area contributed by atoms with E-state index in [0.29, 0.717) is 18.1 Å². The maximum Gasteiger partial charge on any atom is 0.254 e. The maximum atomic E-state index is 12.8. The monoisotopic (exact) mass is 606 g/mol. The molecule has 1 aliphatic heterocycles. The predicted octanol–water partition coefficient (Wildman–Crippen LogP) is 4.78. The Kier molecular flexibility index (Phi) is 5.83. The van der Waals surface area contributed by atoms with Gasteiger partial charge in [-0.1, -0.05) is 40.2 Å². The number of fused-ring (bicyclic) bond motifs is 5. The fraction of sp³-hybridized carbons (Fsp3) is 0.292. The van der Waals surface area contributed by atoms with Crippen molar-refractivity contribution >= 4 is 56.5 Å². The van der Waals surface area contributed by atoms with Gasteiger partial charge in [0.05, 0.1) is 28.7 Å². The van der Waals surface area contributed by atoms with Gasteiger partial charge < -0.3 is 9.47 Å². The standard InChI is InChI=1S/C24H20BrIN2O4/c1-31-19-9-14(8-18(26)22(19)32-12-13-2-6-17(25)7-3-13)11-27-28-23(29)20-15-4-5-16(10-15)21(20)24(28)30/h2-9,11,15-16,20-21H,10,12H2,1H3/t15-,16-,20-,21+/m0/s1. The Hall–Kier alpha value is -2.20. The number of carbonyl (C=O) groups excluding carboxylic acids is 2. The van der Waals surface area contributed by atoms with Crippen molar-refractivity contribution in [2.75, 3.05) is 7.11 Å². The summed E-state index contributed by atoms with van der Waals surface area (Å²) in [6, 6.07) is 11.6. The zero-order valence-corrected chi connectivity index (χ0v) is 20.9. The van der Waals surface area contributed by atoms with Gasteiger partial charge in [0.1, 0.15) is 6.61 Å². The Balaban J connectivity index is 1.33. The maximum absolute atomic E-state index is 12.8. The van der Waals surface area contributed by atoms with Crippen molar-refractivity contribution in [3.8, 4) is 11.5 Å². The molecule has 0 aromatic heterocycles. The van der Waals surface area contributed by atoms with Gasteiger partial charge in [0, 0.05) is 4.47 Å². The number of amides is 2. The van der Waals surface area contributed by atoms with Crippen molar-refractivity contribution in [2.24, 2.45) is 28.8 Å². The molecule has 2 aromatic rings. The van der Waals surface area contributed by atoms with Crippen LogP contribution in [0.25, 0.3) is 0 Å². The van der Waals surface area contributed by atoms with E-state index in [1.807, 2.05) is 30.3 Å². The van der Waals surface area contributed by atoms with E-state index >= 15 is 0 Å². The molecule has 8 heteroatoms. The van der Waals surface area contributed by atoms with Crippen LogP contribution >= 0.6 is 38.5 Å². The molecule has 2 fully saturated rings. The van der Waals surface area contributed by atoms with Crippen LogP contribution in [0.2, 0.25) is 0 Å². The minimum Gasteiger partial charge on any atom is -0.493 e. The summed E-state index contributed by atoms with van der Waals surface area (Å²) in [4.78, 5) is 25.6. The van der Waals surface area contributed by atoms with Crippen LogP contribution in [0.4, 0.5) is 0 Å². The van der Waals surface area contributed by atoms with Crippen LogP contribution in [0.5, 0.6) is 11.5 Å². The Morgan fingerprint density at radius 2 is 1.78 bits per heavy atom. The van der Waals surface area contributed by atoms with Gasteiger partial charge in [-0.2, -0.15) is 10.1 Å². The van der Waals surface area contributed by atoms with Crippen LogP contribution in [-0.4, -0.2) is 30.1 Å². The van der Waals surface area contributed by atoms with E-state index in [4.69, 9.17) is 9.47 Å². The highest BCUT2D eigenvalue weighted by molar-refractivity contribution is 14.1. The molecule has 0 radical (unpaired) electrons. The molecule has 164 valence electrons. The van der Waals surface area contributed by atoms with Gasteiger partial charge in [0.15, 0.2) is 11.5 Å². The number of benzene rings is 2.